The van der Waals surface area contributed by atoms with Crippen LogP contribution in [0.2, 0.25) is 0 Å². The summed E-state index contributed by atoms with van der Waals surface area (Å²) in [6, 6.07) is 6.45. The van der Waals surface area contributed by atoms with Gasteiger partial charge >= 0.3 is 0 Å². The Hall–Kier alpha value is -1.46. The number of rotatable bonds is 5. The Balaban J connectivity index is 2.82. The van der Waals surface area contributed by atoms with E-state index in [0.717, 1.165) is 0 Å². The fourth-order valence-corrected chi connectivity index (χ4v) is 1.48. The molecule has 0 radical (unpaired) electrons. The monoisotopic (exact) mass is 224 g/mol. The van der Waals surface area contributed by atoms with Gasteiger partial charge in [0.05, 0.1) is 11.0 Å². The maximum Gasteiger partial charge on any atom is 0.274 e. The van der Waals surface area contributed by atoms with Crippen LogP contribution < -0.4 is 5.32 Å². The number of nitro benzene ring substituents is 1. The molecule has 2 N–H and O–H groups in total. The summed E-state index contributed by atoms with van der Waals surface area (Å²) in [6.45, 7) is 3.91. The smallest absolute Gasteiger partial charge is 0.274 e. The average molecular weight is 224 g/mol. The molecule has 0 heterocycles. The van der Waals surface area contributed by atoms with Crippen molar-refractivity contribution in [3.05, 3.63) is 39.9 Å². The highest BCUT2D eigenvalue weighted by molar-refractivity contribution is 5.41. The highest BCUT2D eigenvalue weighted by Gasteiger charge is 2.17. The molecule has 0 bridgehead atoms. The molecule has 0 aliphatic rings. The van der Waals surface area contributed by atoms with E-state index in [-0.39, 0.29) is 11.7 Å². The molecule has 1 aromatic carbocycles. The van der Waals surface area contributed by atoms with Crippen molar-refractivity contribution in [3.63, 3.8) is 0 Å². The van der Waals surface area contributed by atoms with Crippen molar-refractivity contribution in [2.24, 2.45) is 0 Å². The van der Waals surface area contributed by atoms with Crippen molar-refractivity contribution in [2.75, 3.05) is 6.54 Å². The number of benzene rings is 1. The summed E-state index contributed by atoms with van der Waals surface area (Å²) >= 11 is 0. The molecule has 0 aliphatic heterocycles. The molecule has 0 aromatic heterocycles. The van der Waals surface area contributed by atoms with Gasteiger partial charge in [-0.1, -0.05) is 18.2 Å². The van der Waals surface area contributed by atoms with Crippen molar-refractivity contribution >= 4 is 5.69 Å². The van der Waals surface area contributed by atoms with Crippen molar-refractivity contribution in [1.82, 2.24) is 5.32 Å². The molecular weight excluding hydrogens is 208 g/mol. The molecule has 0 saturated heterocycles. The van der Waals surface area contributed by atoms with Crippen molar-refractivity contribution < 1.29 is 10.0 Å². The number of nitro groups is 1. The normalized spacial score (nSPS) is 14.4. The second kappa shape index (κ2) is 5.58. The Morgan fingerprint density at radius 2 is 2.06 bits per heavy atom. The second-order valence-corrected chi connectivity index (χ2v) is 3.79. The lowest BCUT2D eigenvalue weighted by Crippen LogP contribution is -2.27. The number of aliphatic hydroxyl groups excluding tert-OH is 1. The SMILES string of the molecule is CC(O)CNC(C)c1ccccc1[N+](=O)[O-]. The van der Waals surface area contributed by atoms with Crippen LogP contribution in [0.3, 0.4) is 0 Å². The molecule has 2 unspecified atom stereocenters. The third-order valence-electron chi connectivity index (χ3n) is 2.32. The molecule has 5 heteroatoms. The maximum atomic E-state index is 10.8. The van der Waals surface area contributed by atoms with Crippen LogP contribution in [-0.4, -0.2) is 22.7 Å². The first-order chi connectivity index (χ1) is 7.52. The minimum atomic E-state index is -0.467. The van der Waals surface area contributed by atoms with Gasteiger partial charge in [0.25, 0.3) is 5.69 Å². The summed E-state index contributed by atoms with van der Waals surface area (Å²) in [5.41, 5.74) is 0.737. The topological polar surface area (TPSA) is 75.4 Å². The first kappa shape index (κ1) is 12.6. The van der Waals surface area contributed by atoms with Gasteiger partial charge in [0.1, 0.15) is 0 Å². The third-order valence-corrected chi connectivity index (χ3v) is 2.32. The molecule has 2 atom stereocenters. The van der Waals surface area contributed by atoms with Crippen LogP contribution >= 0.6 is 0 Å². The van der Waals surface area contributed by atoms with Crippen LogP contribution in [0.25, 0.3) is 0 Å². The molecule has 0 spiro atoms. The second-order valence-electron chi connectivity index (χ2n) is 3.79. The van der Waals surface area contributed by atoms with Gasteiger partial charge in [-0.2, -0.15) is 0 Å². The zero-order valence-corrected chi connectivity index (χ0v) is 9.38. The fraction of sp³-hybridized carbons (Fsp3) is 0.455. The van der Waals surface area contributed by atoms with Gasteiger partial charge in [-0.25, -0.2) is 0 Å². The van der Waals surface area contributed by atoms with Crippen LogP contribution in [0.4, 0.5) is 5.69 Å². The van der Waals surface area contributed by atoms with Crippen molar-refractivity contribution in [2.45, 2.75) is 26.0 Å². The summed E-state index contributed by atoms with van der Waals surface area (Å²) in [5, 5.41) is 23.0. The minimum Gasteiger partial charge on any atom is -0.392 e. The van der Waals surface area contributed by atoms with Gasteiger partial charge in [0.2, 0.25) is 0 Å². The molecular formula is C11H16N2O3. The minimum absolute atomic E-state index is 0.105. The van der Waals surface area contributed by atoms with E-state index in [0.29, 0.717) is 12.1 Å². The number of nitrogens with one attached hydrogen (secondary N) is 1. The number of hydrogen-bond acceptors (Lipinski definition) is 4. The average Bonchev–Trinajstić information content (AvgIpc) is 2.25. The molecule has 16 heavy (non-hydrogen) atoms. The van der Waals surface area contributed by atoms with Gasteiger partial charge in [-0.3, -0.25) is 10.1 Å². The first-order valence-corrected chi connectivity index (χ1v) is 5.17. The van der Waals surface area contributed by atoms with Gasteiger partial charge in [-0.05, 0) is 13.8 Å². The molecule has 0 fully saturated rings. The lowest BCUT2D eigenvalue weighted by Gasteiger charge is -2.15. The highest BCUT2D eigenvalue weighted by Crippen LogP contribution is 2.24. The molecule has 88 valence electrons. The lowest BCUT2D eigenvalue weighted by molar-refractivity contribution is -0.385. The Morgan fingerprint density at radius 1 is 1.44 bits per heavy atom. The number of nitrogens with zero attached hydrogens (tertiary/aromatic N) is 1. The highest BCUT2D eigenvalue weighted by atomic mass is 16.6. The Morgan fingerprint density at radius 3 is 2.62 bits per heavy atom. The standard InChI is InChI=1S/C11H16N2O3/c1-8(14)7-12-9(2)10-5-3-4-6-11(10)13(15)16/h3-6,8-9,12,14H,7H2,1-2H3. The predicted octanol–water partition coefficient (Wildman–Crippen LogP) is 1.63. The number of hydrogen-bond donors (Lipinski definition) is 2. The zero-order valence-electron chi connectivity index (χ0n) is 9.38. The van der Waals surface area contributed by atoms with Crippen LogP contribution in [0.15, 0.2) is 24.3 Å². The molecule has 1 aromatic rings. The van der Waals surface area contributed by atoms with E-state index in [4.69, 9.17) is 5.11 Å². The van der Waals surface area contributed by atoms with Crippen LogP contribution in [0, 0.1) is 10.1 Å². The van der Waals surface area contributed by atoms with Gasteiger partial charge in [-0.15, -0.1) is 0 Å². The van der Waals surface area contributed by atoms with E-state index in [9.17, 15) is 10.1 Å². The summed E-state index contributed by atoms with van der Waals surface area (Å²) in [7, 11) is 0. The fourth-order valence-electron chi connectivity index (χ4n) is 1.48. The Kier molecular flexibility index (Phi) is 4.39. The molecule has 1 rings (SSSR count). The summed E-state index contributed by atoms with van der Waals surface area (Å²) < 4.78 is 0. The van der Waals surface area contributed by atoms with Gasteiger partial charge in [0, 0.05) is 24.2 Å². The summed E-state index contributed by atoms with van der Waals surface area (Å²) in [5.74, 6) is 0. The van der Waals surface area contributed by atoms with E-state index in [1.807, 2.05) is 6.92 Å². The molecule has 0 saturated carbocycles. The third kappa shape index (κ3) is 3.29. The van der Waals surface area contributed by atoms with Crippen LogP contribution in [0.5, 0.6) is 0 Å². The van der Waals surface area contributed by atoms with E-state index in [1.54, 1.807) is 25.1 Å². The molecule has 0 aliphatic carbocycles. The van der Waals surface area contributed by atoms with Gasteiger partial charge in [0.15, 0.2) is 0 Å². The van der Waals surface area contributed by atoms with E-state index in [1.165, 1.54) is 6.07 Å². The summed E-state index contributed by atoms with van der Waals surface area (Å²) in [4.78, 5) is 10.4. The van der Waals surface area contributed by atoms with Crippen molar-refractivity contribution in [3.8, 4) is 0 Å². The Labute approximate surface area is 94.3 Å². The first-order valence-electron chi connectivity index (χ1n) is 5.17. The van der Waals surface area contributed by atoms with E-state index in [2.05, 4.69) is 5.32 Å². The predicted molar refractivity (Wildman–Crippen MR) is 61.2 cm³/mol. The quantitative estimate of drug-likeness (QED) is 0.588. The maximum absolute atomic E-state index is 10.8. The molecule has 5 nitrogen and oxygen atoms in total. The van der Waals surface area contributed by atoms with Crippen LogP contribution in [0.1, 0.15) is 25.5 Å². The zero-order chi connectivity index (χ0) is 12.1. The number of para-hydroxylation sites is 1. The van der Waals surface area contributed by atoms with E-state index < -0.39 is 11.0 Å². The lowest BCUT2D eigenvalue weighted by atomic mass is 10.1. The number of aliphatic hydroxyl groups is 1. The van der Waals surface area contributed by atoms with Crippen LogP contribution in [-0.2, 0) is 0 Å². The summed E-state index contributed by atoms with van der Waals surface area (Å²) in [6.07, 6.45) is -0.467. The molecule has 0 amide bonds. The van der Waals surface area contributed by atoms with E-state index >= 15 is 0 Å². The largest absolute Gasteiger partial charge is 0.392 e. The Bertz CT molecular complexity index is 366. The van der Waals surface area contributed by atoms with Gasteiger partial charge < -0.3 is 10.4 Å². The van der Waals surface area contributed by atoms with Crippen molar-refractivity contribution in [1.29, 1.82) is 0 Å².